The van der Waals surface area contributed by atoms with Gasteiger partial charge in [0.25, 0.3) is 5.91 Å². The first-order valence-corrected chi connectivity index (χ1v) is 12.9. The smallest absolute Gasteiger partial charge is 0.265 e. The standard InChI is InChI=1S/C29H36N4O4/c1-4-23(18-27(34)32-36)29(3)15-7-8-16-33(29)31-28(35)21-11-13-24(14-12-21)37-19-22-17-20(2)30-26-10-6-5-9-25(22)26/h5-6,9-14,17,23,36H,4,7-8,15-16,18-19H2,1-3H3,(H,31,35)(H,32,34). The number of nitrogens with one attached hydrogen (secondary N) is 2. The molecule has 8 nitrogen and oxygen atoms in total. The van der Waals surface area contributed by atoms with Crippen molar-refractivity contribution in [2.45, 2.75) is 65.0 Å². The molecule has 1 aromatic heterocycles. The van der Waals surface area contributed by atoms with Crippen LogP contribution in [0, 0.1) is 12.8 Å². The van der Waals surface area contributed by atoms with E-state index in [-0.39, 0.29) is 23.8 Å². The molecule has 2 atom stereocenters. The first-order chi connectivity index (χ1) is 17.8. The van der Waals surface area contributed by atoms with Crippen LogP contribution < -0.4 is 15.6 Å². The van der Waals surface area contributed by atoms with E-state index in [1.54, 1.807) is 29.7 Å². The van der Waals surface area contributed by atoms with Crippen LogP contribution >= 0.6 is 0 Å². The van der Waals surface area contributed by atoms with Crippen molar-refractivity contribution in [1.82, 2.24) is 20.9 Å². The van der Waals surface area contributed by atoms with Crippen molar-refractivity contribution in [1.29, 1.82) is 0 Å². The Morgan fingerprint density at radius 2 is 1.92 bits per heavy atom. The average Bonchev–Trinajstić information content (AvgIpc) is 2.91. The second-order valence-electron chi connectivity index (χ2n) is 10.0. The van der Waals surface area contributed by atoms with Crippen molar-refractivity contribution in [3.8, 4) is 5.75 Å². The van der Waals surface area contributed by atoms with Gasteiger partial charge in [-0.2, -0.15) is 0 Å². The second kappa shape index (κ2) is 11.7. The molecule has 3 N–H and O–H groups in total. The molecule has 1 aliphatic heterocycles. The molecule has 2 unspecified atom stereocenters. The Balaban J connectivity index is 1.42. The van der Waals surface area contributed by atoms with Gasteiger partial charge in [-0.1, -0.05) is 38.0 Å². The summed E-state index contributed by atoms with van der Waals surface area (Å²) in [6.07, 6.45) is 3.82. The van der Waals surface area contributed by atoms with Crippen LogP contribution in [0.3, 0.4) is 0 Å². The molecule has 2 heterocycles. The Morgan fingerprint density at radius 1 is 1.16 bits per heavy atom. The largest absolute Gasteiger partial charge is 0.489 e. The topological polar surface area (TPSA) is 104 Å². The maximum atomic E-state index is 13.1. The number of fused-ring (bicyclic) bond motifs is 1. The van der Waals surface area contributed by atoms with E-state index >= 15 is 0 Å². The highest BCUT2D eigenvalue weighted by atomic mass is 16.5. The predicted molar refractivity (Wildman–Crippen MR) is 142 cm³/mol. The number of hydroxylamine groups is 1. The molecule has 1 saturated heterocycles. The lowest BCUT2D eigenvalue weighted by Crippen LogP contribution is -2.61. The highest BCUT2D eigenvalue weighted by molar-refractivity contribution is 5.94. The van der Waals surface area contributed by atoms with Gasteiger partial charge in [-0.25, -0.2) is 10.5 Å². The van der Waals surface area contributed by atoms with Gasteiger partial charge in [0.1, 0.15) is 12.4 Å². The van der Waals surface area contributed by atoms with Crippen LogP contribution in [0.1, 0.15) is 67.6 Å². The molecule has 37 heavy (non-hydrogen) atoms. The number of aryl methyl sites for hydroxylation is 1. The van der Waals surface area contributed by atoms with Gasteiger partial charge in [0.2, 0.25) is 5.91 Å². The summed E-state index contributed by atoms with van der Waals surface area (Å²) in [5.74, 6) is 0.0650. The first-order valence-electron chi connectivity index (χ1n) is 12.9. The summed E-state index contributed by atoms with van der Waals surface area (Å²) < 4.78 is 6.04. The van der Waals surface area contributed by atoms with E-state index in [0.29, 0.717) is 24.5 Å². The normalized spacial score (nSPS) is 18.8. The van der Waals surface area contributed by atoms with Gasteiger partial charge in [-0.05, 0) is 69.0 Å². The van der Waals surface area contributed by atoms with Gasteiger partial charge in [0.05, 0.1) is 5.52 Å². The summed E-state index contributed by atoms with van der Waals surface area (Å²) >= 11 is 0. The van der Waals surface area contributed by atoms with Gasteiger partial charge in [-0.15, -0.1) is 0 Å². The second-order valence-corrected chi connectivity index (χ2v) is 10.0. The van der Waals surface area contributed by atoms with Crippen molar-refractivity contribution < 1.29 is 19.5 Å². The zero-order valence-electron chi connectivity index (χ0n) is 21.8. The number of carbonyl (C=O) groups is 2. The van der Waals surface area contributed by atoms with Crippen molar-refractivity contribution in [3.63, 3.8) is 0 Å². The molecule has 0 saturated carbocycles. The molecule has 2 aromatic carbocycles. The number of ether oxygens (including phenoxy) is 1. The SMILES string of the molecule is CCC(CC(=O)NO)C1(C)CCCCN1NC(=O)c1ccc(OCc2cc(C)nc3ccccc23)cc1. The van der Waals surface area contributed by atoms with Crippen molar-refractivity contribution in [2.75, 3.05) is 6.54 Å². The molecule has 4 rings (SSSR count). The van der Waals surface area contributed by atoms with Crippen LogP contribution in [-0.4, -0.2) is 39.1 Å². The number of hydrazine groups is 1. The lowest BCUT2D eigenvalue weighted by molar-refractivity contribution is -0.132. The highest BCUT2D eigenvalue weighted by Gasteiger charge is 2.42. The number of piperidine rings is 1. The van der Waals surface area contributed by atoms with Gasteiger partial charge in [0, 0.05) is 40.7 Å². The third-order valence-corrected chi connectivity index (χ3v) is 7.54. The van der Waals surface area contributed by atoms with Crippen LogP contribution in [0.5, 0.6) is 5.75 Å². The quantitative estimate of drug-likeness (QED) is 0.282. The van der Waals surface area contributed by atoms with Crippen molar-refractivity contribution in [3.05, 3.63) is 71.4 Å². The number of carbonyl (C=O) groups excluding carboxylic acids is 2. The van der Waals surface area contributed by atoms with E-state index in [1.165, 1.54) is 0 Å². The van der Waals surface area contributed by atoms with Crippen molar-refractivity contribution in [2.24, 2.45) is 5.92 Å². The van der Waals surface area contributed by atoms with E-state index in [1.807, 2.05) is 49.2 Å². The molecular weight excluding hydrogens is 468 g/mol. The predicted octanol–water partition coefficient (Wildman–Crippen LogP) is 4.93. The fourth-order valence-electron chi connectivity index (χ4n) is 5.39. The molecule has 8 heteroatoms. The number of benzene rings is 2. The minimum atomic E-state index is -0.407. The number of pyridine rings is 1. The minimum Gasteiger partial charge on any atom is -0.489 e. The fraction of sp³-hybridized carbons (Fsp3) is 0.414. The Bertz CT molecular complexity index is 1250. The Morgan fingerprint density at radius 3 is 2.65 bits per heavy atom. The molecule has 1 aliphatic rings. The Hall–Kier alpha value is -3.49. The molecule has 0 bridgehead atoms. The molecule has 0 aliphatic carbocycles. The number of aromatic nitrogens is 1. The third-order valence-electron chi connectivity index (χ3n) is 7.54. The van der Waals surface area contributed by atoms with E-state index in [0.717, 1.165) is 47.8 Å². The molecule has 3 aromatic rings. The Kier molecular flexibility index (Phi) is 8.41. The van der Waals surface area contributed by atoms with Crippen LogP contribution in [0.15, 0.2) is 54.6 Å². The van der Waals surface area contributed by atoms with Crippen LogP contribution in [-0.2, 0) is 11.4 Å². The van der Waals surface area contributed by atoms with Gasteiger partial charge < -0.3 is 4.74 Å². The number of nitrogens with zero attached hydrogens (tertiary/aromatic N) is 2. The summed E-state index contributed by atoms with van der Waals surface area (Å²) in [7, 11) is 0. The average molecular weight is 505 g/mol. The number of rotatable bonds is 9. The zero-order valence-corrected chi connectivity index (χ0v) is 21.8. The summed E-state index contributed by atoms with van der Waals surface area (Å²) in [5, 5.41) is 12.1. The van der Waals surface area contributed by atoms with Gasteiger partial charge in [-0.3, -0.25) is 25.2 Å². The zero-order chi connectivity index (χ0) is 26.4. The highest BCUT2D eigenvalue weighted by Crippen LogP contribution is 2.37. The van der Waals surface area contributed by atoms with Gasteiger partial charge >= 0.3 is 0 Å². The number of hydrogen-bond donors (Lipinski definition) is 3. The summed E-state index contributed by atoms with van der Waals surface area (Å²) in [5.41, 5.74) is 7.93. The molecule has 0 spiro atoms. The van der Waals surface area contributed by atoms with E-state index in [9.17, 15) is 9.59 Å². The Labute approximate surface area is 218 Å². The summed E-state index contributed by atoms with van der Waals surface area (Å²) in [4.78, 5) is 29.6. The summed E-state index contributed by atoms with van der Waals surface area (Å²) in [6, 6.07) is 17.2. The fourth-order valence-corrected chi connectivity index (χ4v) is 5.39. The van der Waals surface area contributed by atoms with Crippen molar-refractivity contribution >= 4 is 22.7 Å². The third kappa shape index (κ3) is 6.09. The molecule has 1 fully saturated rings. The maximum absolute atomic E-state index is 13.1. The van der Waals surface area contributed by atoms with E-state index < -0.39 is 5.91 Å². The van der Waals surface area contributed by atoms with Crippen LogP contribution in [0.4, 0.5) is 0 Å². The minimum absolute atomic E-state index is 0.0102. The first kappa shape index (κ1) is 26.6. The number of amides is 2. The lowest BCUT2D eigenvalue weighted by atomic mass is 9.75. The van der Waals surface area contributed by atoms with Crippen LogP contribution in [0.25, 0.3) is 10.9 Å². The summed E-state index contributed by atoms with van der Waals surface area (Å²) in [6.45, 7) is 7.21. The van der Waals surface area contributed by atoms with Crippen LogP contribution in [0.2, 0.25) is 0 Å². The van der Waals surface area contributed by atoms with E-state index in [2.05, 4.69) is 17.3 Å². The van der Waals surface area contributed by atoms with E-state index in [4.69, 9.17) is 9.94 Å². The molecule has 0 radical (unpaired) electrons. The monoisotopic (exact) mass is 504 g/mol. The molecular formula is C29H36N4O4. The number of para-hydroxylation sites is 1. The maximum Gasteiger partial charge on any atom is 0.265 e. The molecule has 196 valence electrons. The van der Waals surface area contributed by atoms with Gasteiger partial charge in [0.15, 0.2) is 0 Å². The molecule has 2 amide bonds. The lowest BCUT2D eigenvalue weighted by Gasteiger charge is -2.49. The number of hydrogen-bond acceptors (Lipinski definition) is 6.